The number of carbonyl (C=O) groups is 1. The van der Waals surface area contributed by atoms with Crippen molar-refractivity contribution >= 4 is 5.91 Å². The molecule has 1 amide bonds. The van der Waals surface area contributed by atoms with Gasteiger partial charge in [-0.1, -0.05) is 6.07 Å². The molecular weight excluding hydrogens is 274 g/mol. The topological polar surface area (TPSA) is 110 Å². The maximum absolute atomic E-state index is 11.8. The minimum atomic E-state index is -0.381. The zero-order chi connectivity index (χ0) is 15.4. The van der Waals surface area contributed by atoms with Crippen LogP contribution in [0.15, 0.2) is 36.4 Å². The minimum absolute atomic E-state index is 0.192. The number of rotatable bonds is 4. The van der Waals surface area contributed by atoms with Gasteiger partial charge in [-0.15, -0.1) is 0 Å². The van der Waals surface area contributed by atoms with Crippen molar-refractivity contribution in [2.24, 2.45) is 0 Å². The van der Waals surface area contributed by atoms with Crippen LogP contribution >= 0.6 is 0 Å². The van der Waals surface area contributed by atoms with Crippen LogP contribution in [0.1, 0.15) is 15.9 Å². The number of benzene rings is 2. The lowest BCUT2D eigenvalue weighted by Gasteiger charge is -2.07. The number of phenols is 4. The van der Waals surface area contributed by atoms with E-state index >= 15 is 0 Å². The van der Waals surface area contributed by atoms with Crippen LogP contribution in [0.25, 0.3) is 0 Å². The molecule has 21 heavy (non-hydrogen) atoms. The fourth-order valence-corrected chi connectivity index (χ4v) is 1.81. The van der Waals surface area contributed by atoms with E-state index in [0.717, 1.165) is 5.56 Å². The van der Waals surface area contributed by atoms with E-state index in [1.165, 1.54) is 30.3 Å². The van der Waals surface area contributed by atoms with Crippen LogP contribution in [0, 0.1) is 0 Å². The molecule has 0 fully saturated rings. The molecule has 0 radical (unpaired) electrons. The highest BCUT2D eigenvalue weighted by Crippen LogP contribution is 2.25. The van der Waals surface area contributed by atoms with Gasteiger partial charge in [-0.3, -0.25) is 4.79 Å². The Morgan fingerprint density at radius 3 is 2.10 bits per heavy atom. The van der Waals surface area contributed by atoms with Crippen molar-refractivity contribution in [2.45, 2.75) is 6.42 Å². The fourth-order valence-electron chi connectivity index (χ4n) is 1.81. The van der Waals surface area contributed by atoms with Crippen LogP contribution in [0.4, 0.5) is 0 Å². The summed E-state index contributed by atoms with van der Waals surface area (Å²) in [5.74, 6) is -1.42. The van der Waals surface area contributed by atoms with Gasteiger partial charge in [0.05, 0.1) is 0 Å². The lowest BCUT2D eigenvalue weighted by Crippen LogP contribution is -2.25. The first-order chi connectivity index (χ1) is 9.97. The molecule has 0 aliphatic carbocycles. The highest BCUT2D eigenvalue weighted by molar-refractivity contribution is 5.94. The van der Waals surface area contributed by atoms with Crippen molar-refractivity contribution in [2.75, 3.05) is 6.54 Å². The fraction of sp³-hybridized carbons (Fsp3) is 0.133. The van der Waals surface area contributed by atoms with E-state index in [4.69, 9.17) is 0 Å². The molecule has 6 heteroatoms. The molecule has 0 aliphatic rings. The number of hydrogen-bond acceptors (Lipinski definition) is 5. The molecule has 6 nitrogen and oxygen atoms in total. The second-order valence-corrected chi connectivity index (χ2v) is 4.53. The molecule has 0 saturated carbocycles. The van der Waals surface area contributed by atoms with Crippen LogP contribution in [0.3, 0.4) is 0 Å². The van der Waals surface area contributed by atoms with E-state index in [-0.39, 0.29) is 34.5 Å². The second kappa shape index (κ2) is 6.04. The Hall–Kier alpha value is -2.89. The largest absolute Gasteiger partial charge is 0.504 e. The van der Waals surface area contributed by atoms with Gasteiger partial charge in [-0.25, -0.2) is 0 Å². The van der Waals surface area contributed by atoms with E-state index in [1.54, 1.807) is 6.07 Å². The number of phenolic OH excluding ortho intramolecular Hbond substituents is 4. The Morgan fingerprint density at radius 1 is 0.857 bits per heavy atom. The summed E-state index contributed by atoms with van der Waals surface area (Å²) >= 11 is 0. The maximum Gasteiger partial charge on any atom is 0.251 e. The Balaban J connectivity index is 1.92. The van der Waals surface area contributed by atoms with Crippen molar-refractivity contribution in [3.05, 3.63) is 47.5 Å². The lowest BCUT2D eigenvalue weighted by atomic mass is 10.1. The predicted molar refractivity (Wildman–Crippen MR) is 75.6 cm³/mol. The molecule has 0 bridgehead atoms. The van der Waals surface area contributed by atoms with Crippen LogP contribution in [-0.2, 0) is 6.42 Å². The van der Waals surface area contributed by atoms with Crippen molar-refractivity contribution in [1.29, 1.82) is 0 Å². The summed E-state index contributed by atoms with van der Waals surface area (Å²) in [6, 6.07) is 8.27. The average molecular weight is 289 g/mol. The molecular formula is C15H15NO5. The van der Waals surface area contributed by atoms with Gasteiger partial charge < -0.3 is 25.7 Å². The molecule has 0 aliphatic heterocycles. The van der Waals surface area contributed by atoms with Crippen LogP contribution < -0.4 is 5.32 Å². The smallest absolute Gasteiger partial charge is 0.251 e. The van der Waals surface area contributed by atoms with Gasteiger partial charge in [0.1, 0.15) is 0 Å². The zero-order valence-electron chi connectivity index (χ0n) is 11.1. The van der Waals surface area contributed by atoms with E-state index in [0.29, 0.717) is 13.0 Å². The zero-order valence-corrected chi connectivity index (χ0v) is 11.1. The summed E-state index contributed by atoms with van der Waals surface area (Å²) in [6.07, 6.45) is 0.476. The van der Waals surface area contributed by atoms with Crippen molar-refractivity contribution < 1.29 is 25.2 Å². The molecule has 0 heterocycles. The monoisotopic (exact) mass is 289 g/mol. The molecule has 0 saturated heterocycles. The molecule has 2 aromatic rings. The molecule has 2 rings (SSSR count). The van der Waals surface area contributed by atoms with Crippen molar-refractivity contribution in [1.82, 2.24) is 5.32 Å². The average Bonchev–Trinajstić information content (AvgIpc) is 2.45. The number of nitrogens with one attached hydrogen (secondary N) is 1. The van der Waals surface area contributed by atoms with Gasteiger partial charge in [0.2, 0.25) is 0 Å². The SMILES string of the molecule is O=C(NCCc1ccc(O)c(O)c1)c1ccc(O)c(O)c1. The van der Waals surface area contributed by atoms with Gasteiger partial charge in [0, 0.05) is 12.1 Å². The van der Waals surface area contributed by atoms with E-state index in [9.17, 15) is 25.2 Å². The summed E-state index contributed by atoms with van der Waals surface area (Å²) in [5.41, 5.74) is 0.998. The van der Waals surface area contributed by atoms with E-state index in [1.807, 2.05) is 0 Å². The highest BCUT2D eigenvalue weighted by Gasteiger charge is 2.08. The van der Waals surface area contributed by atoms with Gasteiger partial charge in [-0.05, 0) is 42.3 Å². The summed E-state index contributed by atoms with van der Waals surface area (Å²) in [7, 11) is 0. The summed E-state index contributed by atoms with van der Waals surface area (Å²) in [4.78, 5) is 11.8. The highest BCUT2D eigenvalue weighted by atomic mass is 16.3. The predicted octanol–water partition coefficient (Wildman–Crippen LogP) is 1.48. The molecule has 5 N–H and O–H groups in total. The third-order valence-electron chi connectivity index (χ3n) is 2.98. The number of aromatic hydroxyl groups is 4. The Bertz CT molecular complexity index is 669. The molecule has 0 spiro atoms. The van der Waals surface area contributed by atoms with Crippen LogP contribution in [-0.4, -0.2) is 32.9 Å². The van der Waals surface area contributed by atoms with Gasteiger partial charge >= 0.3 is 0 Å². The van der Waals surface area contributed by atoms with Gasteiger partial charge in [0.25, 0.3) is 5.91 Å². The molecule has 110 valence electrons. The third-order valence-corrected chi connectivity index (χ3v) is 2.98. The molecule has 0 unspecified atom stereocenters. The minimum Gasteiger partial charge on any atom is -0.504 e. The summed E-state index contributed by atoms with van der Waals surface area (Å²) < 4.78 is 0. The molecule has 2 aromatic carbocycles. The standard InChI is InChI=1S/C15H15NO5/c17-11-3-1-9(7-13(11)19)5-6-16-15(21)10-2-4-12(18)14(20)8-10/h1-4,7-8,17-20H,5-6H2,(H,16,21). The number of carbonyl (C=O) groups excluding carboxylic acids is 1. The first-order valence-electron chi connectivity index (χ1n) is 6.28. The lowest BCUT2D eigenvalue weighted by molar-refractivity contribution is 0.0953. The number of amides is 1. The first-order valence-corrected chi connectivity index (χ1v) is 6.28. The first kappa shape index (κ1) is 14.5. The molecule has 0 atom stereocenters. The quantitative estimate of drug-likeness (QED) is 0.548. The van der Waals surface area contributed by atoms with Gasteiger partial charge in [0.15, 0.2) is 23.0 Å². The normalized spacial score (nSPS) is 10.3. The van der Waals surface area contributed by atoms with E-state index in [2.05, 4.69) is 5.32 Å². The number of hydrogen-bond donors (Lipinski definition) is 5. The Morgan fingerprint density at radius 2 is 1.48 bits per heavy atom. The molecule has 0 aromatic heterocycles. The Kier molecular flexibility index (Phi) is 4.18. The Labute approximate surface area is 120 Å². The van der Waals surface area contributed by atoms with Crippen LogP contribution in [0.2, 0.25) is 0 Å². The second-order valence-electron chi connectivity index (χ2n) is 4.53. The van der Waals surface area contributed by atoms with Crippen molar-refractivity contribution in [3.63, 3.8) is 0 Å². The summed E-state index contributed by atoms with van der Waals surface area (Å²) in [6.45, 7) is 0.324. The third kappa shape index (κ3) is 3.56. The van der Waals surface area contributed by atoms with Gasteiger partial charge in [-0.2, -0.15) is 0 Å². The van der Waals surface area contributed by atoms with E-state index < -0.39 is 0 Å². The maximum atomic E-state index is 11.8. The van der Waals surface area contributed by atoms with Crippen molar-refractivity contribution in [3.8, 4) is 23.0 Å². The van der Waals surface area contributed by atoms with Crippen LogP contribution in [0.5, 0.6) is 23.0 Å². The summed E-state index contributed by atoms with van der Waals surface area (Å²) in [5, 5.41) is 39.7.